The number of halogens is 5. The number of phenols is 1. The van der Waals surface area contributed by atoms with Gasteiger partial charge in [0.15, 0.2) is 0 Å². The third-order valence-electron chi connectivity index (χ3n) is 2.12. The minimum Gasteiger partial charge on any atom is -0.508 e. The molecule has 2 nitrogen and oxygen atoms in total. The predicted octanol–water partition coefficient (Wildman–Crippen LogP) is 3.92. The van der Waals surface area contributed by atoms with Crippen molar-refractivity contribution in [2.75, 3.05) is 0 Å². The Hall–Kier alpha value is -0.460. The maximum Gasteiger partial charge on any atom is 0.389 e. The quantitative estimate of drug-likeness (QED) is 0.880. The fourth-order valence-corrected chi connectivity index (χ4v) is 1.83. The first-order valence-electron chi connectivity index (χ1n) is 4.60. The molecule has 0 amide bonds. The Bertz CT molecular complexity index is 373. The van der Waals surface area contributed by atoms with E-state index in [0.717, 1.165) is 0 Å². The van der Waals surface area contributed by atoms with Gasteiger partial charge in [0.1, 0.15) is 5.75 Å². The molecule has 0 heterocycles. The van der Waals surface area contributed by atoms with Gasteiger partial charge in [-0.25, -0.2) is 0 Å². The van der Waals surface area contributed by atoms with E-state index >= 15 is 0 Å². The van der Waals surface area contributed by atoms with Crippen molar-refractivity contribution in [1.29, 1.82) is 0 Å². The van der Waals surface area contributed by atoms with Crippen molar-refractivity contribution in [3.05, 3.63) is 28.2 Å². The van der Waals surface area contributed by atoms with Crippen LogP contribution >= 0.6 is 28.3 Å². The van der Waals surface area contributed by atoms with Gasteiger partial charge < -0.3 is 10.8 Å². The summed E-state index contributed by atoms with van der Waals surface area (Å²) < 4.78 is 36.6. The van der Waals surface area contributed by atoms with E-state index in [1.54, 1.807) is 6.07 Å². The Labute approximate surface area is 112 Å². The van der Waals surface area contributed by atoms with Gasteiger partial charge in [-0.05, 0) is 30.2 Å². The number of nitrogens with two attached hydrogens (primary N) is 1. The number of hydrogen-bond acceptors (Lipinski definition) is 2. The summed E-state index contributed by atoms with van der Waals surface area (Å²) in [6.07, 6.45) is -5.34. The Morgan fingerprint density at radius 3 is 2.47 bits per heavy atom. The zero-order valence-corrected chi connectivity index (χ0v) is 11.1. The molecule has 0 unspecified atom stereocenters. The number of phenolic OH excluding ortho intramolecular Hbond substituents is 1. The number of rotatable bonds is 3. The van der Waals surface area contributed by atoms with E-state index < -0.39 is 18.6 Å². The van der Waals surface area contributed by atoms with Crippen LogP contribution in [0.25, 0.3) is 0 Å². The van der Waals surface area contributed by atoms with Crippen LogP contribution in [0.5, 0.6) is 5.75 Å². The van der Waals surface area contributed by atoms with Crippen molar-refractivity contribution < 1.29 is 18.3 Å². The molecule has 17 heavy (non-hydrogen) atoms. The zero-order valence-electron chi connectivity index (χ0n) is 8.67. The maximum absolute atomic E-state index is 12.0. The van der Waals surface area contributed by atoms with Crippen molar-refractivity contribution in [3.63, 3.8) is 0 Å². The number of hydrogen-bond donors (Lipinski definition) is 2. The average molecular weight is 335 g/mol. The van der Waals surface area contributed by atoms with Gasteiger partial charge in [0.05, 0.1) is 0 Å². The normalized spacial score (nSPS) is 13.0. The molecule has 1 aromatic rings. The Morgan fingerprint density at radius 2 is 1.94 bits per heavy atom. The first kappa shape index (κ1) is 16.5. The van der Waals surface area contributed by atoms with E-state index in [-0.39, 0.29) is 24.6 Å². The summed E-state index contributed by atoms with van der Waals surface area (Å²) in [5.74, 6) is -0.0133. The molecule has 1 aromatic carbocycles. The SMILES string of the molecule is Cl.N[C@H](CCC(F)(F)F)c1cc(O)ccc1Br. The monoisotopic (exact) mass is 333 g/mol. The summed E-state index contributed by atoms with van der Waals surface area (Å²) in [6.45, 7) is 0. The van der Waals surface area contributed by atoms with Crippen LogP contribution in [0, 0.1) is 0 Å². The van der Waals surface area contributed by atoms with Crippen LogP contribution in [0.15, 0.2) is 22.7 Å². The predicted molar refractivity (Wildman–Crippen MR) is 65.3 cm³/mol. The van der Waals surface area contributed by atoms with E-state index in [2.05, 4.69) is 15.9 Å². The molecule has 0 radical (unpaired) electrons. The van der Waals surface area contributed by atoms with Crippen molar-refractivity contribution in [3.8, 4) is 5.75 Å². The second-order valence-electron chi connectivity index (χ2n) is 3.47. The van der Waals surface area contributed by atoms with Gasteiger partial charge in [-0.2, -0.15) is 13.2 Å². The van der Waals surface area contributed by atoms with Gasteiger partial charge in [0.2, 0.25) is 0 Å². The molecule has 0 saturated heterocycles. The molecule has 0 aliphatic rings. The standard InChI is InChI=1S/C10H11BrF3NO.ClH/c11-8-2-1-6(16)5-7(8)9(15)3-4-10(12,13)14;/h1-2,5,9,16H,3-4,15H2;1H/t9-;/m1./s1. The largest absolute Gasteiger partial charge is 0.508 e. The fraction of sp³-hybridized carbons (Fsp3) is 0.400. The number of benzene rings is 1. The third kappa shape index (κ3) is 5.61. The Morgan fingerprint density at radius 1 is 1.35 bits per heavy atom. The molecule has 0 aliphatic carbocycles. The first-order valence-corrected chi connectivity index (χ1v) is 5.39. The summed E-state index contributed by atoms with van der Waals surface area (Å²) in [4.78, 5) is 0. The van der Waals surface area contributed by atoms with Crippen LogP contribution in [-0.2, 0) is 0 Å². The minimum absolute atomic E-state index is 0. The lowest BCUT2D eigenvalue weighted by atomic mass is 10.0. The second-order valence-corrected chi connectivity index (χ2v) is 4.32. The molecular weight excluding hydrogens is 322 g/mol. The van der Waals surface area contributed by atoms with Gasteiger partial charge >= 0.3 is 6.18 Å². The summed E-state index contributed by atoms with van der Waals surface area (Å²) in [5.41, 5.74) is 6.11. The van der Waals surface area contributed by atoms with Crippen molar-refractivity contribution in [1.82, 2.24) is 0 Å². The molecule has 0 saturated carbocycles. The first-order chi connectivity index (χ1) is 7.29. The van der Waals surface area contributed by atoms with Gasteiger partial charge in [-0.15, -0.1) is 12.4 Å². The average Bonchev–Trinajstić information content (AvgIpc) is 2.17. The number of aromatic hydroxyl groups is 1. The maximum atomic E-state index is 12.0. The third-order valence-corrected chi connectivity index (χ3v) is 2.84. The van der Waals surface area contributed by atoms with Crippen LogP contribution in [0.4, 0.5) is 13.2 Å². The molecule has 3 N–H and O–H groups in total. The molecule has 1 rings (SSSR count). The molecule has 0 fully saturated rings. The van der Waals surface area contributed by atoms with E-state index in [4.69, 9.17) is 5.73 Å². The molecule has 7 heteroatoms. The topological polar surface area (TPSA) is 46.2 Å². The van der Waals surface area contributed by atoms with Gasteiger partial charge in [0, 0.05) is 16.9 Å². The smallest absolute Gasteiger partial charge is 0.389 e. The summed E-state index contributed by atoms with van der Waals surface area (Å²) in [7, 11) is 0. The highest BCUT2D eigenvalue weighted by atomic mass is 79.9. The molecule has 0 aliphatic heterocycles. The van der Waals surface area contributed by atoms with E-state index in [9.17, 15) is 18.3 Å². The van der Waals surface area contributed by atoms with Crippen LogP contribution in [0.2, 0.25) is 0 Å². The van der Waals surface area contributed by atoms with Crippen LogP contribution < -0.4 is 5.73 Å². The Kier molecular flexibility index (Phi) is 6.29. The minimum atomic E-state index is -4.21. The second kappa shape index (κ2) is 6.47. The highest BCUT2D eigenvalue weighted by Gasteiger charge is 2.28. The van der Waals surface area contributed by atoms with E-state index in [0.29, 0.717) is 10.0 Å². The Balaban J connectivity index is 0.00000256. The van der Waals surface area contributed by atoms with Crippen molar-refractivity contribution in [2.24, 2.45) is 5.73 Å². The summed E-state index contributed by atoms with van der Waals surface area (Å²) in [5, 5.41) is 9.22. The molecule has 1 atom stereocenters. The van der Waals surface area contributed by atoms with Gasteiger partial charge in [-0.1, -0.05) is 15.9 Å². The number of alkyl halides is 3. The molecule has 0 aromatic heterocycles. The summed E-state index contributed by atoms with van der Waals surface area (Å²) >= 11 is 3.18. The highest BCUT2D eigenvalue weighted by molar-refractivity contribution is 9.10. The molecule has 98 valence electrons. The van der Waals surface area contributed by atoms with Crippen molar-refractivity contribution in [2.45, 2.75) is 25.1 Å². The fourth-order valence-electron chi connectivity index (χ4n) is 1.29. The zero-order chi connectivity index (χ0) is 12.3. The molecule has 0 bridgehead atoms. The van der Waals surface area contributed by atoms with Gasteiger partial charge in [0.25, 0.3) is 0 Å². The van der Waals surface area contributed by atoms with Gasteiger partial charge in [-0.3, -0.25) is 0 Å². The lowest BCUT2D eigenvalue weighted by molar-refractivity contribution is -0.136. The lowest BCUT2D eigenvalue weighted by Crippen LogP contribution is -2.16. The van der Waals surface area contributed by atoms with Crippen LogP contribution in [0.3, 0.4) is 0 Å². The van der Waals surface area contributed by atoms with Crippen LogP contribution in [0.1, 0.15) is 24.4 Å². The highest BCUT2D eigenvalue weighted by Crippen LogP contribution is 2.31. The van der Waals surface area contributed by atoms with E-state index in [1.165, 1.54) is 12.1 Å². The van der Waals surface area contributed by atoms with Crippen LogP contribution in [-0.4, -0.2) is 11.3 Å². The lowest BCUT2D eigenvalue weighted by Gasteiger charge is -2.15. The van der Waals surface area contributed by atoms with Crippen molar-refractivity contribution >= 4 is 28.3 Å². The molecular formula is C10H12BrClF3NO. The van der Waals surface area contributed by atoms with E-state index in [1.807, 2.05) is 0 Å². The molecule has 0 spiro atoms. The summed E-state index contributed by atoms with van der Waals surface area (Å²) in [6, 6.07) is 3.61.